The molecule has 1 saturated carbocycles. The van der Waals surface area contributed by atoms with Crippen LogP contribution in [-0.4, -0.2) is 10.0 Å². The van der Waals surface area contributed by atoms with Crippen LogP contribution in [0.3, 0.4) is 0 Å². The SMILES string of the molecule is O=[N+]([O-])c1cc2c(cc1O)C1CC1C2. The number of nitrogens with zero attached hydrogens (tertiary/aromatic N) is 1. The number of aromatic hydroxyl groups is 1. The van der Waals surface area contributed by atoms with Crippen LogP contribution in [0.2, 0.25) is 0 Å². The molecule has 1 aromatic carbocycles. The number of hydrogen-bond acceptors (Lipinski definition) is 3. The van der Waals surface area contributed by atoms with E-state index < -0.39 is 4.92 Å². The molecule has 2 atom stereocenters. The highest BCUT2D eigenvalue weighted by Gasteiger charge is 2.46. The number of fused-ring (bicyclic) bond motifs is 3. The molecule has 3 rings (SSSR count). The molecule has 2 aliphatic carbocycles. The van der Waals surface area contributed by atoms with Gasteiger partial charge in [-0.3, -0.25) is 10.1 Å². The summed E-state index contributed by atoms with van der Waals surface area (Å²) in [5.41, 5.74) is 2.01. The molecule has 1 N–H and O–H groups in total. The molecule has 72 valence electrons. The fourth-order valence-corrected chi connectivity index (χ4v) is 2.44. The molecule has 4 nitrogen and oxygen atoms in total. The van der Waals surface area contributed by atoms with E-state index >= 15 is 0 Å². The first-order valence-electron chi connectivity index (χ1n) is 4.67. The maximum Gasteiger partial charge on any atom is 0.310 e. The Labute approximate surface area is 80.3 Å². The fourth-order valence-electron chi connectivity index (χ4n) is 2.44. The van der Waals surface area contributed by atoms with Gasteiger partial charge < -0.3 is 5.11 Å². The van der Waals surface area contributed by atoms with Crippen LogP contribution < -0.4 is 0 Å². The van der Waals surface area contributed by atoms with E-state index in [0.29, 0.717) is 11.8 Å². The van der Waals surface area contributed by atoms with Crippen LogP contribution in [0.25, 0.3) is 0 Å². The maximum atomic E-state index is 10.6. The molecule has 4 heteroatoms. The van der Waals surface area contributed by atoms with Crippen LogP contribution in [0.4, 0.5) is 5.69 Å². The highest BCUT2D eigenvalue weighted by atomic mass is 16.6. The molecule has 0 spiro atoms. The number of rotatable bonds is 1. The van der Waals surface area contributed by atoms with Crippen molar-refractivity contribution < 1.29 is 10.0 Å². The number of nitro groups is 1. The van der Waals surface area contributed by atoms with Crippen molar-refractivity contribution >= 4 is 5.69 Å². The summed E-state index contributed by atoms with van der Waals surface area (Å²) in [5.74, 6) is 1.06. The number of benzene rings is 1. The summed E-state index contributed by atoms with van der Waals surface area (Å²) in [4.78, 5) is 10.0. The Hall–Kier alpha value is -1.58. The van der Waals surface area contributed by atoms with E-state index in [1.54, 1.807) is 6.07 Å². The average Bonchev–Trinajstić information content (AvgIpc) is 2.80. The summed E-state index contributed by atoms with van der Waals surface area (Å²) in [6.45, 7) is 0. The van der Waals surface area contributed by atoms with Gasteiger partial charge in [0.2, 0.25) is 0 Å². The zero-order valence-electron chi connectivity index (χ0n) is 7.43. The molecule has 0 aliphatic heterocycles. The quantitative estimate of drug-likeness (QED) is 0.545. The Morgan fingerprint density at radius 2 is 2.29 bits per heavy atom. The lowest BCUT2D eigenvalue weighted by atomic mass is 10.0. The highest BCUT2D eigenvalue weighted by Crippen LogP contribution is 2.57. The van der Waals surface area contributed by atoms with Crippen molar-refractivity contribution in [1.29, 1.82) is 0 Å². The average molecular weight is 191 g/mol. The van der Waals surface area contributed by atoms with Gasteiger partial charge in [-0.15, -0.1) is 0 Å². The minimum absolute atomic E-state index is 0.162. The molecule has 0 amide bonds. The highest BCUT2D eigenvalue weighted by molar-refractivity contribution is 5.55. The van der Waals surface area contributed by atoms with Gasteiger partial charge in [-0.25, -0.2) is 0 Å². The first-order valence-corrected chi connectivity index (χ1v) is 4.67. The van der Waals surface area contributed by atoms with Crippen LogP contribution in [-0.2, 0) is 6.42 Å². The van der Waals surface area contributed by atoms with E-state index in [1.807, 2.05) is 0 Å². The monoisotopic (exact) mass is 191 g/mol. The molecule has 0 bridgehead atoms. The largest absolute Gasteiger partial charge is 0.502 e. The summed E-state index contributed by atoms with van der Waals surface area (Å²) in [6, 6.07) is 3.10. The van der Waals surface area contributed by atoms with Crippen molar-refractivity contribution in [3.63, 3.8) is 0 Å². The van der Waals surface area contributed by atoms with Crippen molar-refractivity contribution in [3.8, 4) is 5.75 Å². The number of hydrogen-bond donors (Lipinski definition) is 1. The second-order valence-electron chi connectivity index (χ2n) is 4.10. The van der Waals surface area contributed by atoms with Gasteiger partial charge in [-0.2, -0.15) is 0 Å². The third kappa shape index (κ3) is 0.880. The summed E-state index contributed by atoms with van der Waals surface area (Å²) in [6.07, 6.45) is 2.13. The number of phenolic OH excluding ortho intramolecular Hbond substituents is 1. The van der Waals surface area contributed by atoms with Gasteiger partial charge in [-0.05, 0) is 41.9 Å². The first-order chi connectivity index (χ1) is 6.66. The zero-order chi connectivity index (χ0) is 9.87. The summed E-state index contributed by atoms with van der Waals surface area (Å²) < 4.78 is 0. The zero-order valence-corrected chi connectivity index (χ0v) is 7.43. The molecule has 0 aromatic heterocycles. The maximum absolute atomic E-state index is 10.6. The van der Waals surface area contributed by atoms with E-state index in [-0.39, 0.29) is 11.4 Å². The van der Waals surface area contributed by atoms with Crippen LogP contribution in [0.1, 0.15) is 23.5 Å². The van der Waals surface area contributed by atoms with Crippen molar-refractivity contribution in [2.75, 3.05) is 0 Å². The van der Waals surface area contributed by atoms with Gasteiger partial charge in [0, 0.05) is 6.07 Å². The Balaban J connectivity index is 2.15. The third-order valence-corrected chi connectivity index (χ3v) is 3.24. The lowest BCUT2D eigenvalue weighted by molar-refractivity contribution is -0.385. The lowest BCUT2D eigenvalue weighted by Gasteiger charge is -2.03. The molecule has 1 fully saturated rings. The smallest absolute Gasteiger partial charge is 0.310 e. The van der Waals surface area contributed by atoms with Crippen molar-refractivity contribution in [3.05, 3.63) is 33.4 Å². The molecule has 1 aromatic rings. The Kier molecular flexibility index (Phi) is 1.26. The minimum atomic E-state index is -0.528. The van der Waals surface area contributed by atoms with Gasteiger partial charge in [-0.1, -0.05) is 0 Å². The van der Waals surface area contributed by atoms with E-state index in [9.17, 15) is 15.2 Å². The van der Waals surface area contributed by atoms with E-state index in [4.69, 9.17) is 0 Å². The van der Waals surface area contributed by atoms with Gasteiger partial charge in [0.05, 0.1) is 4.92 Å². The Morgan fingerprint density at radius 3 is 3.00 bits per heavy atom. The normalized spacial score (nSPS) is 26.9. The molecule has 0 radical (unpaired) electrons. The molecular formula is C10H9NO3. The first kappa shape index (κ1) is 7.79. The molecule has 0 saturated heterocycles. The summed E-state index contributed by atoms with van der Waals surface area (Å²) in [5, 5.41) is 20.0. The van der Waals surface area contributed by atoms with E-state index in [2.05, 4.69) is 0 Å². The van der Waals surface area contributed by atoms with Crippen LogP contribution in [0.5, 0.6) is 5.75 Å². The van der Waals surface area contributed by atoms with Crippen LogP contribution >= 0.6 is 0 Å². The Bertz CT molecular complexity index is 441. The predicted molar refractivity (Wildman–Crippen MR) is 49.3 cm³/mol. The Morgan fingerprint density at radius 1 is 1.50 bits per heavy atom. The van der Waals surface area contributed by atoms with Gasteiger partial charge in [0.1, 0.15) is 0 Å². The predicted octanol–water partition coefficient (Wildman–Crippen LogP) is 1.96. The van der Waals surface area contributed by atoms with E-state index in [0.717, 1.165) is 17.5 Å². The molecule has 2 aliphatic rings. The number of nitro benzene ring substituents is 1. The van der Waals surface area contributed by atoms with Crippen LogP contribution in [0, 0.1) is 16.0 Å². The van der Waals surface area contributed by atoms with Gasteiger partial charge in [0.15, 0.2) is 5.75 Å². The van der Waals surface area contributed by atoms with Crippen molar-refractivity contribution in [2.24, 2.45) is 5.92 Å². The van der Waals surface area contributed by atoms with E-state index in [1.165, 1.54) is 12.5 Å². The van der Waals surface area contributed by atoms with Crippen molar-refractivity contribution in [2.45, 2.75) is 18.8 Å². The second kappa shape index (κ2) is 2.26. The second-order valence-corrected chi connectivity index (χ2v) is 4.10. The van der Waals surface area contributed by atoms with Gasteiger partial charge >= 0.3 is 5.69 Å². The minimum Gasteiger partial charge on any atom is -0.502 e. The molecular weight excluding hydrogens is 182 g/mol. The fraction of sp³-hybridized carbons (Fsp3) is 0.400. The standard InChI is InChI=1S/C10H9NO3/c12-10-4-8-6(1-5-2-7(5)8)3-9(10)11(13)14/h3-5,7,12H,1-2H2. The molecule has 0 heterocycles. The molecule has 2 unspecified atom stereocenters. The summed E-state index contributed by atoms with van der Waals surface area (Å²) >= 11 is 0. The topological polar surface area (TPSA) is 63.4 Å². The molecule has 14 heavy (non-hydrogen) atoms. The van der Waals surface area contributed by atoms with Gasteiger partial charge in [0.25, 0.3) is 0 Å². The third-order valence-electron chi connectivity index (χ3n) is 3.24. The lowest BCUT2D eigenvalue weighted by Crippen LogP contribution is -1.93. The number of phenols is 1. The van der Waals surface area contributed by atoms with Crippen LogP contribution in [0.15, 0.2) is 12.1 Å². The van der Waals surface area contributed by atoms with Crippen molar-refractivity contribution in [1.82, 2.24) is 0 Å². The summed E-state index contributed by atoms with van der Waals surface area (Å²) in [7, 11) is 0.